The van der Waals surface area contributed by atoms with Crippen LogP contribution in [-0.2, 0) is 14.3 Å². The fourth-order valence-corrected chi connectivity index (χ4v) is 4.93. The molecule has 4 fully saturated rings. The molecule has 4 bridgehead atoms. The van der Waals surface area contributed by atoms with Gasteiger partial charge in [0.05, 0.1) is 18.8 Å². The maximum absolute atomic E-state index is 11.9. The van der Waals surface area contributed by atoms with Gasteiger partial charge in [0.1, 0.15) is 5.60 Å². The van der Waals surface area contributed by atoms with Gasteiger partial charge in [-0.15, -0.1) is 0 Å². The number of aliphatic hydroxyl groups excluding tert-OH is 1. The summed E-state index contributed by atoms with van der Waals surface area (Å²) in [6.45, 7) is 5.81. The number of aliphatic hydroxyl groups is 1. The molecule has 2 atom stereocenters. The molecule has 4 saturated carbocycles. The van der Waals surface area contributed by atoms with Crippen molar-refractivity contribution in [3.63, 3.8) is 0 Å². The van der Waals surface area contributed by atoms with Gasteiger partial charge in [0.25, 0.3) is 0 Å². The third kappa shape index (κ3) is 2.40. The van der Waals surface area contributed by atoms with Gasteiger partial charge in [-0.25, -0.2) is 4.79 Å². The molecule has 0 amide bonds. The van der Waals surface area contributed by atoms with Crippen LogP contribution in [-0.4, -0.2) is 35.5 Å². The Kier molecular flexibility index (Phi) is 3.41. The molecule has 0 aromatic rings. The van der Waals surface area contributed by atoms with Crippen molar-refractivity contribution in [3.05, 3.63) is 12.2 Å². The highest BCUT2D eigenvalue weighted by Gasteiger charge is 2.60. The average Bonchev–Trinajstić information content (AvgIpc) is 2.34. The Morgan fingerprint density at radius 3 is 2.40 bits per heavy atom. The lowest BCUT2D eigenvalue weighted by molar-refractivity contribution is -0.233. The van der Waals surface area contributed by atoms with Crippen molar-refractivity contribution in [1.29, 1.82) is 0 Å². The van der Waals surface area contributed by atoms with E-state index in [-0.39, 0.29) is 23.8 Å². The quantitative estimate of drug-likeness (QED) is 0.619. The molecule has 4 nitrogen and oxygen atoms in total. The lowest BCUT2D eigenvalue weighted by Crippen LogP contribution is -2.61. The highest BCUT2D eigenvalue weighted by atomic mass is 16.6. The van der Waals surface area contributed by atoms with E-state index in [2.05, 4.69) is 6.58 Å². The number of hydrogen-bond donors (Lipinski definition) is 1. The molecule has 2 unspecified atom stereocenters. The zero-order chi connectivity index (χ0) is 14.4. The van der Waals surface area contributed by atoms with Gasteiger partial charge in [-0.3, -0.25) is 0 Å². The van der Waals surface area contributed by atoms with Gasteiger partial charge >= 0.3 is 5.97 Å². The summed E-state index contributed by atoms with van der Waals surface area (Å²) >= 11 is 0. The second-order valence-corrected chi connectivity index (χ2v) is 7.07. The largest absolute Gasteiger partial charge is 0.456 e. The van der Waals surface area contributed by atoms with Gasteiger partial charge in [0.15, 0.2) is 0 Å². The molecule has 4 aliphatic rings. The normalized spacial score (nSPS) is 41.7. The van der Waals surface area contributed by atoms with E-state index in [1.165, 1.54) is 6.42 Å². The molecular formula is C16H24O4. The monoisotopic (exact) mass is 280 g/mol. The van der Waals surface area contributed by atoms with Crippen molar-refractivity contribution < 1.29 is 19.4 Å². The number of esters is 1. The standard InChI is InChI=1S/C16H24O4/c1-11(2)14(18)20-16-8-12-5-13(9-16)7-15(6-12,10-16)19-4-3-17/h12-13,17H,1,3-10H2,2H3. The van der Waals surface area contributed by atoms with E-state index >= 15 is 0 Å². The van der Waals surface area contributed by atoms with Gasteiger partial charge in [0.2, 0.25) is 0 Å². The molecule has 4 aliphatic carbocycles. The molecule has 0 saturated heterocycles. The Balaban J connectivity index is 1.79. The van der Waals surface area contributed by atoms with Crippen molar-refractivity contribution in [2.75, 3.05) is 13.2 Å². The third-order valence-electron chi connectivity index (χ3n) is 5.11. The average molecular weight is 280 g/mol. The lowest BCUT2D eigenvalue weighted by atomic mass is 9.52. The highest BCUT2D eigenvalue weighted by Crippen LogP contribution is 2.60. The van der Waals surface area contributed by atoms with Crippen LogP contribution in [0.3, 0.4) is 0 Å². The molecule has 112 valence electrons. The SMILES string of the molecule is C=C(C)C(=O)OC12CC3CC(CC(OCCO)(C3)C1)C2. The second kappa shape index (κ2) is 4.85. The second-order valence-electron chi connectivity index (χ2n) is 7.07. The van der Waals surface area contributed by atoms with Crippen LogP contribution >= 0.6 is 0 Å². The maximum atomic E-state index is 11.9. The van der Waals surface area contributed by atoms with E-state index in [1.54, 1.807) is 6.92 Å². The van der Waals surface area contributed by atoms with Crippen LogP contribution in [0.25, 0.3) is 0 Å². The van der Waals surface area contributed by atoms with E-state index in [1.807, 2.05) is 0 Å². The Morgan fingerprint density at radius 2 is 1.85 bits per heavy atom. The van der Waals surface area contributed by atoms with Crippen LogP contribution in [0.2, 0.25) is 0 Å². The molecule has 20 heavy (non-hydrogen) atoms. The minimum absolute atomic E-state index is 0.0512. The van der Waals surface area contributed by atoms with E-state index in [9.17, 15) is 4.79 Å². The Labute approximate surface area is 120 Å². The zero-order valence-corrected chi connectivity index (χ0v) is 12.2. The topological polar surface area (TPSA) is 55.8 Å². The van der Waals surface area contributed by atoms with E-state index in [0.29, 0.717) is 24.0 Å². The summed E-state index contributed by atoms with van der Waals surface area (Å²) in [7, 11) is 0. The Morgan fingerprint density at radius 1 is 1.25 bits per heavy atom. The molecule has 0 spiro atoms. The first-order valence-corrected chi connectivity index (χ1v) is 7.60. The molecule has 0 aromatic heterocycles. The number of carbonyl (C=O) groups excluding carboxylic acids is 1. The predicted molar refractivity (Wildman–Crippen MR) is 74.1 cm³/mol. The number of hydrogen-bond acceptors (Lipinski definition) is 4. The third-order valence-corrected chi connectivity index (χ3v) is 5.11. The van der Waals surface area contributed by atoms with Crippen LogP contribution in [0.5, 0.6) is 0 Å². The van der Waals surface area contributed by atoms with Crippen molar-refractivity contribution in [3.8, 4) is 0 Å². The van der Waals surface area contributed by atoms with Crippen LogP contribution in [0.4, 0.5) is 0 Å². The zero-order valence-electron chi connectivity index (χ0n) is 12.2. The first-order valence-electron chi connectivity index (χ1n) is 7.60. The summed E-state index contributed by atoms with van der Waals surface area (Å²) in [5, 5.41) is 9.03. The molecule has 4 heteroatoms. The molecule has 0 aromatic carbocycles. The maximum Gasteiger partial charge on any atom is 0.333 e. The minimum atomic E-state index is -0.352. The van der Waals surface area contributed by atoms with Crippen LogP contribution in [0.15, 0.2) is 12.2 Å². The Hall–Kier alpha value is -0.870. The van der Waals surface area contributed by atoms with Crippen molar-refractivity contribution >= 4 is 5.97 Å². The molecule has 0 heterocycles. The van der Waals surface area contributed by atoms with E-state index in [0.717, 1.165) is 32.1 Å². The number of ether oxygens (including phenoxy) is 2. The molecule has 0 aliphatic heterocycles. The van der Waals surface area contributed by atoms with Crippen molar-refractivity contribution in [1.82, 2.24) is 0 Å². The summed E-state index contributed by atoms with van der Waals surface area (Å²) in [5.41, 5.74) is -0.0661. The molecule has 0 radical (unpaired) electrons. The number of carbonyl (C=O) groups is 1. The van der Waals surface area contributed by atoms with Gasteiger partial charge in [-0.05, 0) is 50.9 Å². The van der Waals surface area contributed by atoms with Crippen molar-refractivity contribution in [2.24, 2.45) is 11.8 Å². The first-order chi connectivity index (χ1) is 9.46. The summed E-state index contributed by atoms with van der Waals surface area (Å²) in [6, 6.07) is 0. The molecular weight excluding hydrogens is 256 g/mol. The summed E-state index contributed by atoms with van der Waals surface area (Å²) < 4.78 is 11.8. The van der Waals surface area contributed by atoms with Gasteiger partial charge < -0.3 is 14.6 Å². The number of rotatable bonds is 5. The summed E-state index contributed by atoms with van der Waals surface area (Å²) in [5.74, 6) is 0.907. The predicted octanol–water partition coefficient (Wildman–Crippen LogP) is 2.21. The fraction of sp³-hybridized carbons (Fsp3) is 0.812. The molecule has 1 N–H and O–H groups in total. The van der Waals surface area contributed by atoms with Crippen molar-refractivity contribution in [2.45, 2.75) is 56.7 Å². The van der Waals surface area contributed by atoms with Gasteiger partial charge in [-0.2, -0.15) is 0 Å². The first kappa shape index (κ1) is 14.1. The van der Waals surface area contributed by atoms with Crippen LogP contribution in [0.1, 0.15) is 45.4 Å². The minimum Gasteiger partial charge on any atom is -0.456 e. The lowest BCUT2D eigenvalue weighted by Gasteiger charge is -2.60. The van der Waals surface area contributed by atoms with Gasteiger partial charge in [0, 0.05) is 12.0 Å². The van der Waals surface area contributed by atoms with Gasteiger partial charge in [-0.1, -0.05) is 6.58 Å². The Bertz CT molecular complexity index is 414. The van der Waals surface area contributed by atoms with Crippen LogP contribution in [0, 0.1) is 11.8 Å². The fourth-order valence-electron chi connectivity index (χ4n) is 4.93. The smallest absolute Gasteiger partial charge is 0.333 e. The summed E-state index contributed by atoms with van der Waals surface area (Å²) in [4.78, 5) is 11.9. The van der Waals surface area contributed by atoms with E-state index < -0.39 is 0 Å². The highest BCUT2D eigenvalue weighted by molar-refractivity contribution is 5.87. The van der Waals surface area contributed by atoms with Crippen LogP contribution < -0.4 is 0 Å². The molecule has 4 rings (SSSR count). The summed E-state index contributed by atoms with van der Waals surface area (Å²) in [6.07, 6.45) is 6.05. The van der Waals surface area contributed by atoms with E-state index in [4.69, 9.17) is 14.6 Å².